The third-order valence-corrected chi connectivity index (χ3v) is 5.78. The first-order valence-electron chi connectivity index (χ1n) is 7.87. The Bertz CT molecular complexity index is 471. The van der Waals surface area contributed by atoms with Gasteiger partial charge in [0.25, 0.3) is 0 Å². The molecule has 0 aromatic carbocycles. The van der Waals surface area contributed by atoms with Crippen LogP contribution in [0.3, 0.4) is 0 Å². The van der Waals surface area contributed by atoms with E-state index in [2.05, 4.69) is 6.92 Å². The molecule has 1 aromatic rings. The van der Waals surface area contributed by atoms with Gasteiger partial charge in [0, 0.05) is 12.3 Å². The van der Waals surface area contributed by atoms with E-state index in [-0.39, 0.29) is 5.92 Å². The van der Waals surface area contributed by atoms with Gasteiger partial charge < -0.3 is 4.42 Å². The summed E-state index contributed by atoms with van der Waals surface area (Å²) in [5, 5.41) is 0. The van der Waals surface area contributed by atoms with E-state index in [0.29, 0.717) is 23.4 Å². The zero-order valence-corrected chi connectivity index (χ0v) is 11.6. The third kappa shape index (κ3) is 1.79. The van der Waals surface area contributed by atoms with Crippen molar-refractivity contribution in [3.05, 3.63) is 23.7 Å². The van der Waals surface area contributed by atoms with E-state index in [4.69, 9.17) is 4.42 Å². The van der Waals surface area contributed by atoms with E-state index in [9.17, 15) is 4.79 Å². The Labute approximate surface area is 114 Å². The molecule has 0 N–H and O–H groups in total. The van der Waals surface area contributed by atoms with E-state index in [1.54, 1.807) is 0 Å². The van der Waals surface area contributed by atoms with Crippen molar-refractivity contribution in [1.82, 2.24) is 0 Å². The number of carbonyl (C=O) groups excluding carboxylic acids is 1. The molecule has 4 bridgehead atoms. The fourth-order valence-electron chi connectivity index (χ4n) is 5.22. The van der Waals surface area contributed by atoms with Gasteiger partial charge in [-0.2, -0.15) is 0 Å². The van der Waals surface area contributed by atoms with Gasteiger partial charge in [0.15, 0.2) is 5.76 Å². The van der Waals surface area contributed by atoms with Crippen molar-refractivity contribution in [1.29, 1.82) is 0 Å². The van der Waals surface area contributed by atoms with Crippen molar-refractivity contribution in [3.8, 4) is 0 Å². The highest BCUT2D eigenvalue weighted by Crippen LogP contribution is 2.57. The summed E-state index contributed by atoms with van der Waals surface area (Å²) in [6.07, 6.45) is 7.49. The molecule has 5 rings (SSSR count). The normalized spacial score (nSPS) is 39.7. The highest BCUT2D eigenvalue weighted by molar-refractivity contribution is 5.96. The summed E-state index contributed by atoms with van der Waals surface area (Å²) < 4.78 is 5.70. The number of Topliss-reactive ketones (excluding diaryl/α,β-unsaturated/α-hetero) is 1. The molecule has 102 valence electrons. The van der Waals surface area contributed by atoms with Crippen LogP contribution in [-0.2, 0) is 6.42 Å². The van der Waals surface area contributed by atoms with Gasteiger partial charge in [0.05, 0.1) is 0 Å². The largest absolute Gasteiger partial charge is 0.458 e. The minimum absolute atomic E-state index is 0.267. The Morgan fingerprint density at radius 1 is 1.11 bits per heavy atom. The molecule has 2 nitrogen and oxygen atoms in total. The molecule has 0 spiro atoms. The summed E-state index contributed by atoms with van der Waals surface area (Å²) >= 11 is 0. The Balaban J connectivity index is 1.60. The van der Waals surface area contributed by atoms with E-state index in [1.165, 1.54) is 32.1 Å². The maximum Gasteiger partial charge on any atom is 0.201 e. The van der Waals surface area contributed by atoms with Crippen LogP contribution in [0.2, 0.25) is 0 Å². The first-order valence-corrected chi connectivity index (χ1v) is 7.87. The zero-order chi connectivity index (χ0) is 13.0. The number of rotatable bonds is 3. The lowest BCUT2D eigenvalue weighted by Crippen LogP contribution is -2.47. The van der Waals surface area contributed by atoms with Crippen molar-refractivity contribution >= 4 is 5.78 Å². The van der Waals surface area contributed by atoms with Gasteiger partial charge in [0.2, 0.25) is 5.78 Å². The molecule has 0 amide bonds. The molecule has 1 aromatic heterocycles. The summed E-state index contributed by atoms with van der Waals surface area (Å²) in [6, 6.07) is 3.86. The minimum Gasteiger partial charge on any atom is -0.458 e. The molecule has 2 heteroatoms. The standard InChI is InChI=1S/C17H22O2/c1-2-14-3-4-15(19-14)17(18)16-12-6-10-5-11(8-12)9-13(16)7-10/h3-4,10-13,16H,2,5-9H2,1H3. The first-order chi connectivity index (χ1) is 9.24. The predicted molar refractivity (Wildman–Crippen MR) is 73.0 cm³/mol. The second-order valence-electron chi connectivity index (χ2n) is 6.94. The van der Waals surface area contributed by atoms with Gasteiger partial charge >= 0.3 is 0 Å². The van der Waals surface area contributed by atoms with Crippen molar-refractivity contribution in [2.75, 3.05) is 0 Å². The van der Waals surface area contributed by atoms with Crippen LogP contribution in [0.15, 0.2) is 16.5 Å². The Morgan fingerprint density at radius 3 is 2.26 bits per heavy atom. The number of hydrogen-bond donors (Lipinski definition) is 0. The van der Waals surface area contributed by atoms with Gasteiger partial charge in [-0.25, -0.2) is 0 Å². The summed E-state index contributed by atoms with van der Waals surface area (Å²) in [5.41, 5.74) is 0. The van der Waals surface area contributed by atoms with Crippen LogP contribution in [0.25, 0.3) is 0 Å². The number of hydrogen-bond acceptors (Lipinski definition) is 2. The van der Waals surface area contributed by atoms with Crippen LogP contribution in [0.4, 0.5) is 0 Å². The van der Waals surface area contributed by atoms with Gasteiger partial charge in [0.1, 0.15) is 5.76 Å². The minimum atomic E-state index is 0.267. The molecule has 0 unspecified atom stereocenters. The Morgan fingerprint density at radius 2 is 1.74 bits per heavy atom. The molecule has 0 radical (unpaired) electrons. The van der Waals surface area contributed by atoms with Crippen molar-refractivity contribution in [2.24, 2.45) is 29.6 Å². The number of furan rings is 1. The number of ketones is 1. The summed E-state index contributed by atoms with van der Waals surface area (Å²) in [5.74, 6) is 5.28. The van der Waals surface area contributed by atoms with Crippen LogP contribution in [-0.4, -0.2) is 5.78 Å². The zero-order valence-electron chi connectivity index (χ0n) is 11.6. The van der Waals surface area contributed by atoms with Crippen LogP contribution >= 0.6 is 0 Å². The fraction of sp³-hybridized carbons (Fsp3) is 0.706. The lowest BCUT2D eigenvalue weighted by atomic mass is 9.51. The molecule has 0 atom stereocenters. The lowest BCUT2D eigenvalue weighted by Gasteiger charge is -2.53. The summed E-state index contributed by atoms with van der Waals surface area (Å²) in [4.78, 5) is 12.8. The smallest absolute Gasteiger partial charge is 0.201 e. The van der Waals surface area contributed by atoms with Crippen LogP contribution in [0.5, 0.6) is 0 Å². The molecule has 4 fully saturated rings. The van der Waals surface area contributed by atoms with E-state index in [1.807, 2.05) is 12.1 Å². The Kier molecular flexibility index (Phi) is 2.61. The average molecular weight is 258 g/mol. The SMILES string of the molecule is CCc1ccc(C(=O)C2C3CC4CC(C3)CC2C4)o1. The predicted octanol–water partition coefficient (Wildman–Crippen LogP) is 4.10. The Hall–Kier alpha value is -1.05. The van der Waals surface area contributed by atoms with Crippen LogP contribution in [0, 0.1) is 29.6 Å². The van der Waals surface area contributed by atoms with Gasteiger partial charge in [-0.3, -0.25) is 4.79 Å². The molecular formula is C17H22O2. The molecule has 0 aliphatic heterocycles. The maximum absolute atomic E-state index is 12.8. The number of carbonyl (C=O) groups is 1. The van der Waals surface area contributed by atoms with Gasteiger partial charge in [-0.05, 0) is 67.9 Å². The monoisotopic (exact) mass is 258 g/mol. The fourth-order valence-corrected chi connectivity index (χ4v) is 5.22. The molecule has 1 heterocycles. The van der Waals surface area contributed by atoms with E-state index >= 15 is 0 Å². The topological polar surface area (TPSA) is 30.2 Å². The summed E-state index contributed by atoms with van der Waals surface area (Å²) in [6.45, 7) is 2.07. The van der Waals surface area contributed by atoms with Crippen molar-refractivity contribution < 1.29 is 9.21 Å². The molecule has 4 aliphatic carbocycles. The quantitative estimate of drug-likeness (QED) is 0.764. The van der Waals surface area contributed by atoms with E-state index in [0.717, 1.165) is 24.0 Å². The second kappa shape index (κ2) is 4.22. The molecule has 0 saturated heterocycles. The molecule has 4 aliphatic rings. The highest BCUT2D eigenvalue weighted by Gasteiger charge is 2.51. The van der Waals surface area contributed by atoms with Gasteiger partial charge in [-0.1, -0.05) is 6.92 Å². The van der Waals surface area contributed by atoms with Crippen LogP contribution in [0.1, 0.15) is 55.3 Å². The third-order valence-electron chi connectivity index (χ3n) is 5.78. The van der Waals surface area contributed by atoms with Gasteiger partial charge in [-0.15, -0.1) is 0 Å². The first kappa shape index (κ1) is 11.7. The van der Waals surface area contributed by atoms with Crippen LogP contribution < -0.4 is 0 Å². The van der Waals surface area contributed by atoms with Crippen molar-refractivity contribution in [3.63, 3.8) is 0 Å². The van der Waals surface area contributed by atoms with E-state index < -0.39 is 0 Å². The molecule has 4 saturated carbocycles. The lowest BCUT2D eigenvalue weighted by molar-refractivity contribution is -0.0261. The highest BCUT2D eigenvalue weighted by atomic mass is 16.3. The molecular weight excluding hydrogens is 236 g/mol. The number of aryl methyl sites for hydroxylation is 1. The van der Waals surface area contributed by atoms with Crippen molar-refractivity contribution in [2.45, 2.75) is 45.4 Å². The summed E-state index contributed by atoms with van der Waals surface area (Å²) in [7, 11) is 0. The maximum atomic E-state index is 12.8. The molecule has 19 heavy (non-hydrogen) atoms. The average Bonchev–Trinajstić information content (AvgIpc) is 2.86. The second-order valence-corrected chi connectivity index (χ2v) is 6.94.